The van der Waals surface area contributed by atoms with Gasteiger partial charge in [-0.15, -0.1) is 0 Å². The van der Waals surface area contributed by atoms with E-state index < -0.39 is 61.1 Å². The molecule has 0 aliphatic heterocycles. The van der Waals surface area contributed by atoms with E-state index in [1.807, 2.05) is 35.8 Å². The quantitative estimate of drug-likeness (QED) is 0.146. The second-order valence-corrected chi connectivity index (χ2v) is 8.82. The van der Waals surface area contributed by atoms with Gasteiger partial charge in [0, 0.05) is 17.1 Å². The zero-order chi connectivity index (χ0) is 26.0. The molecule has 0 bridgehead atoms. The van der Waals surface area contributed by atoms with E-state index in [1.54, 1.807) is 6.20 Å². The second-order valence-electron chi connectivity index (χ2n) is 7.84. The van der Waals surface area contributed by atoms with Gasteiger partial charge in [0.05, 0.1) is 19.3 Å². The van der Waals surface area contributed by atoms with Crippen molar-refractivity contribution in [3.05, 3.63) is 36.0 Å². The number of amides is 3. The zero-order valence-electron chi connectivity index (χ0n) is 19.2. The summed E-state index contributed by atoms with van der Waals surface area (Å²) < 4.78 is 0. The van der Waals surface area contributed by atoms with Crippen LogP contribution in [0.1, 0.15) is 12.0 Å². The number of nitrogens with two attached hydrogens (primary N) is 1. The Morgan fingerprint density at radius 3 is 2.20 bits per heavy atom. The molecule has 1 aromatic heterocycles. The first-order valence-electron chi connectivity index (χ1n) is 10.9. The number of H-pyrrole nitrogens is 1. The molecular formula is C22H31N5O7S. The fourth-order valence-electron chi connectivity index (χ4n) is 3.34. The Balaban J connectivity index is 2.04. The van der Waals surface area contributed by atoms with Crippen LogP contribution in [-0.4, -0.2) is 93.4 Å². The highest BCUT2D eigenvalue weighted by Gasteiger charge is 2.29. The lowest BCUT2D eigenvalue weighted by Gasteiger charge is -2.24. The molecule has 192 valence electrons. The normalized spacial score (nSPS) is 14.5. The van der Waals surface area contributed by atoms with Gasteiger partial charge >= 0.3 is 5.97 Å². The molecule has 1 heterocycles. The Morgan fingerprint density at radius 1 is 0.971 bits per heavy atom. The van der Waals surface area contributed by atoms with Crippen LogP contribution >= 0.6 is 11.8 Å². The number of carbonyl (C=O) groups excluding carboxylic acids is 3. The van der Waals surface area contributed by atoms with Crippen LogP contribution in [0.3, 0.4) is 0 Å². The molecule has 0 aliphatic carbocycles. The van der Waals surface area contributed by atoms with Gasteiger partial charge in [-0.1, -0.05) is 18.2 Å². The summed E-state index contributed by atoms with van der Waals surface area (Å²) in [6.45, 7) is -1.69. The van der Waals surface area contributed by atoms with Crippen molar-refractivity contribution in [1.82, 2.24) is 20.9 Å². The number of rotatable bonds is 14. The molecule has 0 fully saturated rings. The Hall–Kier alpha value is -3.13. The van der Waals surface area contributed by atoms with Crippen molar-refractivity contribution in [3.63, 3.8) is 0 Å². The molecule has 1 aromatic carbocycles. The standard InChI is InChI=1S/C22H31N5O7S/c1-35-7-6-16(20(31)26-17(10-28)21(32)27-18(11-29)22(33)34)25-19(30)14(23)8-12-9-24-15-5-3-2-4-13(12)15/h2-5,9,14,16-18,24,28-29H,6-8,10-11,23H2,1H3,(H,25,30)(H,26,31)(H,27,32)(H,33,34). The summed E-state index contributed by atoms with van der Waals surface area (Å²) in [7, 11) is 0. The van der Waals surface area contributed by atoms with Crippen LogP contribution in [0.5, 0.6) is 0 Å². The fourth-order valence-corrected chi connectivity index (χ4v) is 3.81. The highest BCUT2D eigenvalue weighted by Crippen LogP contribution is 2.18. The summed E-state index contributed by atoms with van der Waals surface area (Å²) in [5, 5.41) is 35.4. The number of thioether (sulfide) groups is 1. The van der Waals surface area contributed by atoms with E-state index in [0.717, 1.165) is 16.5 Å². The molecule has 0 spiro atoms. The maximum atomic E-state index is 12.8. The van der Waals surface area contributed by atoms with Crippen LogP contribution in [0.2, 0.25) is 0 Å². The zero-order valence-corrected chi connectivity index (χ0v) is 20.0. The van der Waals surface area contributed by atoms with Crippen LogP contribution in [0.15, 0.2) is 30.5 Å². The van der Waals surface area contributed by atoms with Crippen molar-refractivity contribution < 1.29 is 34.5 Å². The monoisotopic (exact) mass is 509 g/mol. The number of benzene rings is 1. The molecule has 2 rings (SSSR count). The minimum absolute atomic E-state index is 0.228. The molecule has 2 aromatic rings. The topological polar surface area (TPSA) is 207 Å². The number of aliphatic hydroxyl groups excluding tert-OH is 2. The van der Waals surface area contributed by atoms with Gasteiger partial charge in [-0.2, -0.15) is 11.8 Å². The maximum Gasteiger partial charge on any atom is 0.328 e. The third kappa shape index (κ3) is 7.96. The molecule has 0 radical (unpaired) electrons. The van der Waals surface area contributed by atoms with Crippen molar-refractivity contribution in [2.45, 2.75) is 37.0 Å². The van der Waals surface area contributed by atoms with E-state index in [4.69, 9.17) is 15.9 Å². The number of para-hydroxylation sites is 1. The first-order valence-corrected chi connectivity index (χ1v) is 12.3. The van der Waals surface area contributed by atoms with E-state index in [9.17, 15) is 24.3 Å². The summed E-state index contributed by atoms with van der Waals surface area (Å²) >= 11 is 1.45. The van der Waals surface area contributed by atoms with Gasteiger partial charge < -0.3 is 42.0 Å². The van der Waals surface area contributed by atoms with Gasteiger partial charge in [0.2, 0.25) is 17.7 Å². The van der Waals surface area contributed by atoms with Crippen molar-refractivity contribution in [2.24, 2.45) is 5.73 Å². The molecule has 0 saturated carbocycles. The van der Waals surface area contributed by atoms with Gasteiger partial charge in [-0.05, 0) is 36.5 Å². The lowest BCUT2D eigenvalue weighted by atomic mass is 10.0. The predicted octanol–water partition coefficient (Wildman–Crippen LogP) is -1.69. The number of carboxylic acid groups (broad SMARTS) is 1. The van der Waals surface area contributed by atoms with Crippen LogP contribution < -0.4 is 21.7 Å². The maximum absolute atomic E-state index is 12.8. The molecule has 12 nitrogen and oxygen atoms in total. The largest absolute Gasteiger partial charge is 0.480 e. The van der Waals surface area contributed by atoms with E-state index in [-0.39, 0.29) is 12.8 Å². The third-order valence-corrected chi connectivity index (χ3v) is 5.95. The number of aliphatic carboxylic acids is 1. The highest BCUT2D eigenvalue weighted by atomic mass is 32.2. The molecule has 3 amide bonds. The number of hydrogen-bond donors (Lipinski definition) is 8. The summed E-state index contributed by atoms with van der Waals surface area (Å²) in [5.74, 6) is -3.26. The molecule has 4 atom stereocenters. The van der Waals surface area contributed by atoms with E-state index in [2.05, 4.69) is 15.6 Å². The Kier molecular flexibility index (Phi) is 11.0. The lowest BCUT2D eigenvalue weighted by molar-refractivity contribution is -0.143. The Bertz CT molecular complexity index is 1030. The van der Waals surface area contributed by atoms with E-state index in [0.29, 0.717) is 5.75 Å². The molecule has 9 N–H and O–H groups in total. The van der Waals surface area contributed by atoms with Crippen molar-refractivity contribution in [1.29, 1.82) is 0 Å². The second kappa shape index (κ2) is 13.7. The van der Waals surface area contributed by atoms with Gasteiger partial charge in [0.25, 0.3) is 0 Å². The minimum atomic E-state index is -1.59. The predicted molar refractivity (Wildman–Crippen MR) is 131 cm³/mol. The lowest BCUT2D eigenvalue weighted by Crippen LogP contribution is -2.58. The fraction of sp³-hybridized carbons (Fsp3) is 0.455. The summed E-state index contributed by atoms with van der Waals surface area (Å²) in [6, 6.07) is 2.51. The molecule has 0 aliphatic rings. The number of carboxylic acids is 1. The summed E-state index contributed by atoms with van der Waals surface area (Å²) in [6.07, 6.45) is 4.06. The molecule has 13 heteroatoms. The first kappa shape index (κ1) is 28.1. The van der Waals surface area contributed by atoms with Crippen LogP contribution in [0, 0.1) is 0 Å². The molecule has 4 unspecified atom stereocenters. The van der Waals surface area contributed by atoms with Crippen molar-refractivity contribution in [2.75, 3.05) is 25.2 Å². The SMILES string of the molecule is CSCCC(NC(=O)C(N)Cc1c[nH]c2ccccc12)C(=O)NC(CO)C(=O)NC(CO)C(=O)O. The third-order valence-electron chi connectivity index (χ3n) is 5.31. The number of hydrogen-bond acceptors (Lipinski definition) is 8. The van der Waals surface area contributed by atoms with E-state index >= 15 is 0 Å². The Morgan fingerprint density at radius 2 is 1.57 bits per heavy atom. The van der Waals surface area contributed by atoms with Gasteiger partial charge in [0.15, 0.2) is 0 Å². The van der Waals surface area contributed by atoms with Gasteiger partial charge in [0.1, 0.15) is 18.1 Å². The number of nitrogens with one attached hydrogen (secondary N) is 4. The number of fused-ring (bicyclic) bond motifs is 1. The molecule has 35 heavy (non-hydrogen) atoms. The molecular weight excluding hydrogens is 478 g/mol. The average Bonchev–Trinajstić information content (AvgIpc) is 3.25. The van der Waals surface area contributed by atoms with Crippen LogP contribution in [-0.2, 0) is 25.6 Å². The van der Waals surface area contributed by atoms with Crippen LogP contribution in [0.25, 0.3) is 10.9 Å². The van der Waals surface area contributed by atoms with Crippen LogP contribution in [0.4, 0.5) is 0 Å². The van der Waals surface area contributed by atoms with Gasteiger partial charge in [-0.3, -0.25) is 14.4 Å². The Labute approximate surface area is 206 Å². The first-order chi connectivity index (χ1) is 16.7. The number of aromatic nitrogens is 1. The summed E-state index contributed by atoms with van der Waals surface area (Å²) in [4.78, 5) is 52.0. The highest BCUT2D eigenvalue weighted by molar-refractivity contribution is 7.98. The van der Waals surface area contributed by atoms with Crippen molar-refractivity contribution in [3.8, 4) is 0 Å². The number of carbonyl (C=O) groups is 4. The smallest absolute Gasteiger partial charge is 0.328 e. The minimum Gasteiger partial charge on any atom is -0.480 e. The average molecular weight is 510 g/mol. The molecule has 0 saturated heterocycles. The van der Waals surface area contributed by atoms with E-state index in [1.165, 1.54) is 11.8 Å². The summed E-state index contributed by atoms with van der Waals surface area (Å²) in [5.41, 5.74) is 7.86. The number of aliphatic hydroxyl groups is 2. The van der Waals surface area contributed by atoms with Crippen molar-refractivity contribution >= 4 is 46.4 Å². The number of aromatic amines is 1. The van der Waals surface area contributed by atoms with Gasteiger partial charge in [-0.25, -0.2) is 4.79 Å².